The summed E-state index contributed by atoms with van der Waals surface area (Å²) in [6, 6.07) is 9.42. The molecule has 0 radical (unpaired) electrons. The van der Waals surface area contributed by atoms with Gasteiger partial charge in [-0.15, -0.1) is 0 Å². The van der Waals surface area contributed by atoms with E-state index >= 15 is 0 Å². The Bertz CT molecular complexity index is 997. The predicted octanol–water partition coefficient (Wildman–Crippen LogP) is 1.53. The molecule has 0 spiro atoms. The highest BCUT2D eigenvalue weighted by Crippen LogP contribution is 2.21. The topological polar surface area (TPSA) is 110 Å². The Kier molecular flexibility index (Phi) is 4.59. The molecule has 7 nitrogen and oxygen atoms in total. The molecule has 1 aromatic heterocycles. The minimum Gasteiger partial charge on any atom is -0.298 e. The fourth-order valence-corrected chi connectivity index (χ4v) is 3.00. The number of aryl methyl sites for hydroxylation is 1. The Hall–Kier alpha value is -3.40. The molecule has 0 N–H and O–H groups in total. The van der Waals surface area contributed by atoms with Crippen molar-refractivity contribution in [2.45, 2.75) is 26.2 Å². The van der Waals surface area contributed by atoms with Gasteiger partial charge in [0.15, 0.2) is 17.3 Å². The summed E-state index contributed by atoms with van der Waals surface area (Å²) < 4.78 is 1.04. The molecule has 0 amide bonds. The first-order chi connectivity index (χ1) is 12.4. The van der Waals surface area contributed by atoms with Crippen molar-refractivity contribution in [1.82, 2.24) is 9.78 Å². The molecule has 1 saturated carbocycles. The molecule has 130 valence electrons. The molecular weight excluding hydrogens is 334 g/mol. The summed E-state index contributed by atoms with van der Waals surface area (Å²) in [5.74, 6) is -3.04. The third kappa shape index (κ3) is 3.09. The second kappa shape index (κ2) is 6.84. The molecule has 1 heterocycles. The molecule has 0 bridgehead atoms. The summed E-state index contributed by atoms with van der Waals surface area (Å²) in [4.78, 5) is 49.6. The molecule has 0 aliphatic heterocycles. The van der Waals surface area contributed by atoms with Crippen LogP contribution in [-0.4, -0.2) is 27.1 Å². The van der Waals surface area contributed by atoms with Crippen LogP contribution in [0.5, 0.6) is 0 Å². The van der Waals surface area contributed by atoms with Crippen LogP contribution < -0.4 is 5.56 Å². The van der Waals surface area contributed by atoms with E-state index in [0.717, 1.165) is 4.68 Å². The molecule has 0 unspecified atom stereocenters. The fourth-order valence-electron chi connectivity index (χ4n) is 3.00. The highest BCUT2D eigenvalue weighted by atomic mass is 16.2. The Labute approximate surface area is 148 Å². The van der Waals surface area contributed by atoms with Crippen LogP contribution in [0.15, 0.2) is 35.1 Å². The van der Waals surface area contributed by atoms with Crippen LogP contribution in [0, 0.1) is 24.2 Å². The first-order valence-corrected chi connectivity index (χ1v) is 8.13. The molecule has 3 rings (SSSR count). The lowest BCUT2D eigenvalue weighted by Crippen LogP contribution is -2.39. The molecule has 1 aliphatic carbocycles. The minimum absolute atomic E-state index is 0.163. The largest absolute Gasteiger partial charge is 0.298 e. The average Bonchev–Trinajstić information content (AvgIpc) is 2.63. The summed E-state index contributed by atoms with van der Waals surface area (Å²) in [6.07, 6.45) is 0.762. The summed E-state index contributed by atoms with van der Waals surface area (Å²) in [6.45, 7) is 1.61. The monoisotopic (exact) mass is 349 g/mol. The van der Waals surface area contributed by atoms with Crippen molar-refractivity contribution in [2.75, 3.05) is 0 Å². The Balaban J connectivity index is 2.09. The van der Waals surface area contributed by atoms with Crippen molar-refractivity contribution in [1.29, 1.82) is 5.26 Å². The van der Waals surface area contributed by atoms with Gasteiger partial charge in [0, 0.05) is 12.8 Å². The number of hydrogen-bond donors (Lipinski definition) is 0. The zero-order valence-electron chi connectivity index (χ0n) is 14.1. The van der Waals surface area contributed by atoms with Crippen LogP contribution >= 0.6 is 0 Å². The van der Waals surface area contributed by atoms with Gasteiger partial charge in [-0.2, -0.15) is 15.0 Å². The molecule has 2 aromatic rings. The maximum absolute atomic E-state index is 12.8. The predicted molar refractivity (Wildman–Crippen MR) is 91.0 cm³/mol. The summed E-state index contributed by atoms with van der Waals surface area (Å²) >= 11 is 0. The Morgan fingerprint density at radius 1 is 1.15 bits per heavy atom. The lowest BCUT2D eigenvalue weighted by Gasteiger charge is -2.18. The summed E-state index contributed by atoms with van der Waals surface area (Å²) in [5, 5.41) is 13.0. The first kappa shape index (κ1) is 17.4. The van der Waals surface area contributed by atoms with E-state index in [1.807, 2.05) is 6.07 Å². The third-order valence-electron chi connectivity index (χ3n) is 4.29. The molecule has 1 aliphatic rings. The number of benzene rings is 1. The van der Waals surface area contributed by atoms with E-state index in [1.54, 1.807) is 6.92 Å². The zero-order valence-corrected chi connectivity index (χ0v) is 14.1. The van der Waals surface area contributed by atoms with Crippen LogP contribution in [0.25, 0.3) is 5.69 Å². The Morgan fingerprint density at radius 3 is 2.35 bits per heavy atom. The molecule has 1 aromatic carbocycles. The number of rotatable bonds is 3. The van der Waals surface area contributed by atoms with Gasteiger partial charge in [-0.25, -0.2) is 0 Å². The van der Waals surface area contributed by atoms with E-state index in [1.165, 1.54) is 30.3 Å². The van der Waals surface area contributed by atoms with Gasteiger partial charge < -0.3 is 0 Å². The van der Waals surface area contributed by atoms with Crippen molar-refractivity contribution in [2.24, 2.45) is 5.92 Å². The van der Waals surface area contributed by atoms with Crippen molar-refractivity contribution < 1.29 is 14.4 Å². The van der Waals surface area contributed by atoms with Crippen molar-refractivity contribution in [3.8, 4) is 11.8 Å². The molecule has 26 heavy (non-hydrogen) atoms. The molecular formula is C19H15N3O4. The zero-order chi connectivity index (χ0) is 18.8. The van der Waals surface area contributed by atoms with E-state index in [-0.39, 0.29) is 18.4 Å². The number of carbonyl (C=O) groups excluding carboxylic acids is 3. The van der Waals surface area contributed by atoms with Gasteiger partial charge in [0.25, 0.3) is 5.56 Å². The van der Waals surface area contributed by atoms with Crippen LogP contribution in [0.3, 0.4) is 0 Å². The van der Waals surface area contributed by atoms with Crippen molar-refractivity contribution in [3.63, 3.8) is 0 Å². The summed E-state index contributed by atoms with van der Waals surface area (Å²) in [5.41, 5.74) is 0.275. The van der Waals surface area contributed by atoms with Crippen LogP contribution in [0.4, 0.5) is 0 Å². The number of aromatic nitrogens is 2. The normalized spacial score (nSPS) is 14.9. The molecule has 0 atom stereocenters. The second-order valence-corrected chi connectivity index (χ2v) is 6.16. The van der Waals surface area contributed by atoms with Gasteiger partial charge in [-0.1, -0.05) is 0 Å². The standard InChI is InChI=1S/C19H15N3O4/c1-11-9-14(18(25)17-15(23)3-2-4-16(17)24)19(26)22(21-11)13-7-5-12(10-20)6-8-13/h5-9,17H,2-4H2,1H3. The van der Waals surface area contributed by atoms with Gasteiger partial charge in [0.1, 0.15) is 5.92 Å². The SMILES string of the molecule is Cc1cc(C(=O)C2C(=O)CCCC2=O)c(=O)n(-c2ccc(C#N)cc2)n1. The van der Waals surface area contributed by atoms with Crippen LogP contribution in [0.1, 0.15) is 40.9 Å². The number of ketones is 3. The average molecular weight is 349 g/mol. The maximum Gasteiger partial charge on any atom is 0.282 e. The minimum atomic E-state index is -1.40. The molecule has 1 fully saturated rings. The van der Waals surface area contributed by atoms with E-state index in [4.69, 9.17) is 5.26 Å². The van der Waals surface area contributed by atoms with Crippen molar-refractivity contribution >= 4 is 17.3 Å². The molecule has 7 heteroatoms. The smallest absolute Gasteiger partial charge is 0.282 e. The van der Waals surface area contributed by atoms with Gasteiger partial charge in [0.05, 0.1) is 28.6 Å². The second-order valence-electron chi connectivity index (χ2n) is 6.16. The number of nitrogens with zero attached hydrogens (tertiary/aromatic N) is 3. The van der Waals surface area contributed by atoms with E-state index in [0.29, 0.717) is 23.4 Å². The maximum atomic E-state index is 12.8. The fraction of sp³-hybridized carbons (Fsp3) is 0.263. The van der Waals surface area contributed by atoms with Crippen molar-refractivity contribution in [3.05, 3.63) is 57.5 Å². The summed E-state index contributed by atoms with van der Waals surface area (Å²) in [7, 11) is 0. The van der Waals surface area contributed by atoms with Gasteiger partial charge >= 0.3 is 0 Å². The highest BCUT2D eigenvalue weighted by Gasteiger charge is 2.37. The van der Waals surface area contributed by atoms with Crippen LogP contribution in [-0.2, 0) is 9.59 Å². The lowest BCUT2D eigenvalue weighted by molar-refractivity contribution is -0.133. The number of hydrogen-bond acceptors (Lipinski definition) is 6. The number of Topliss-reactive ketones (excluding diaryl/α,β-unsaturated/α-hetero) is 3. The third-order valence-corrected chi connectivity index (χ3v) is 4.29. The first-order valence-electron chi connectivity index (χ1n) is 8.13. The van der Waals surface area contributed by atoms with Gasteiger partial charge in [0.2, 0.25) is 0 Å². The van der Waals surface area contributed by atoms with Gasteiger partial charge in [-0.3, -0.25) is 19.2 Å². The van der Waals surface area contributed by atoms with Gasteiger partial charge in [-0.05, 0) is 43.7 Å². The molecule has 0 saturated heterocycles. The van der Waals surface area contributed by atoms with E-state index in [9.17, 15) is 19.2 Å². The Morgan fingerprint density at radius 2 is 1.77 bits per heavy atom. The van der Waals surface area contributed by atoms with E-state index in [2.05, 4.69) is 5.10 Å². The number of nitriles is 1. The quantitative estimate of drug-likeness (QED) is 0.614. The highest BCUT2D eigenvalue weighted by molar-refractivity contribution is 6.25. The van der Waals surface area contributed by atoms with E-state index < -0.39 is 28.8 Å². The lowest BCUT2D eigenvalue weighted by atomic mass is 9.82. The van der Waals surface area contributed by atoms with Crippen LogP contribution in [0.2, 0.25) is 0 Å². The number of carbonyl (C=O) groups is 3.